The summed E-state index contributed by atoms with van der Waals surface area (Å²) in [5.74, 6) is 5.02. The summed E-state index contributed by atoms with van der Waals surface area (Å²) in [4.78, 5) is 0. The van der Waals surface area contributed by atoms with Crippen LogP contribution in [0.4, 0.5) is 0 Å². The molecule has 0 amide bonds. The van der Waals surface area contributed by atoms with E-state index in [0.717, 1.165) is 0 Å². The lowest BCUT2D eigenvalue weighted by molar-refractivity contribution is 0.350. The molecule has 0 aliphatic carbocycles. The van der Waals surface area contributed by atoms with Crippen LogP contribution in [0.5, 0.6) is 0 Å². The highest BCUT2D eigenvalue weighted by atomic mass is 16.2. The van der Waals surface area contributed by atoms with Gasteiger partial charge in [0.05, 0.1) is 0 Å². The van der Waals surface area contributed by atoms with Crippen LogP contribution < -0.4 is 0 Å². The van der Waals surface area contributed by atoms with Crippen LogP contribution in [0.15, 0.2) is 0 Å². The SMILES string of the molecule is C[CH]C#CCO. The number of aliphatic hydroxyl groups is 1. The molecule has 0 rings (SSSR count). The molecule has 0 heterocycles. The molecule has 0 unspecified atom stereocenters. The summed E-state index contributed by atoms with van der Waals surface area (Å²) < 4.78 is 0. The van der Waals surface area contributed by atoms with E-state index in [1.54, 1.807) is 6.42 Å². The van der Waals surface area contributed by atoms with E-state index in [1.165, 1.54) is 0 Å². The van der Waals surface area contributed by atoms with Crippen molar-refractivity contribution in [3.05, 3.63) is 6.42 Å². The zero-order valence-electron chi connectivity index (χ0n) is 3.73. The third-order valence-corrected chi connectivity index (χ3v) is 0.325. The maximum absolute atomic E-state index is 8.00. The molecule has 0 saturated heterocycles. The Balaban J connectivity index is 2.90. The fraction of sp³-hybridized carbons (Fsp3) is 0.400. The molecule has 1 N–H and O–H groups in total. The van der Waals surface area contributed by atoms with E-state index >= 15 is 0 Å². The summed E-state index contributed by atoms with van der Waals surface area (Å²) in [5.41, 5.74) is 0. The summed E-state index contributed by atoms with van der Waals surface area (Å²) in [5, 5.41) is 8.00. The standard InChI is InChI=1S/C5H7O/c1-2-3-4-5-6/h2,6H,5H2,1H3. The molecular formula is C5H7O. The van der Waals surface area contributed by atoms with E-state index in [-0.39, 0.29) is 6.61 Å². The van der Waals surface area contributed by atoms with Gasteiger partial charge in [0.2, 0.25) is 0 Å². The highest BCUT2D eigenvalue weighted by Crippen LogP contribution is 1.61. The van der Waals surface area contributed by atoms with Crippen LogP contribution in [-0.2, 0) is 0 Å². The fourth-order valence-corrected chi connectivity index (χ4v) is 0.148. The molecule has 6 heavy (non-hydrogen) atoms. The first kappa shape index (κ1) is 5.52. The lowest BCUT2D eigenvalue weighted by atomic mass is 10.5. The Labute approximate surface area is 38.0 Å². The Kier molecular flexibility index (Phi) is 4.16. The third-order valence-electron chi connectivity index (χ3n) is 0.325. The van der Waals surface area contributed by atoms with Crippen LogP contribution in [0.1, 0.15) is 6.92 Å². The monoisotopic (exact) mass is 83.0 g/mol. The Hall–Kier alpha value is -0.480. The molecule has 1 heteroatoms. The van der Waals surface area contributed by atoms with Crippen molar-refractivity contribution in [1.82, 2.24) is 0 Å². The second-order valence-electron chi connectivity index (χ2n) is 0.768. The molecule has 0 bridgehead atoms. The van der Waals surface area contributed by atoms with Crippen LogP contribution in [0, 0.1) is 18.3 Å². The minimum absolute atomic E-state index is 0.0374. The fourth-order valence-electron chi connectivity index (χ4n) is 0.148. The maximum Gasteiger partial charge on any atom is 0.104 e. The van der Waals surface area contributed by atoms with E-state index in [4.69, 9.17) is 5.11 Å². The second-order valence-corrected chi connectivity index (χ2v) is 0.768. The average molecular weight is 83.1 g/mol. The van der Waals surface area contributed by atoms with Gasteiger partial charge in [-0.1, -0.05) is 18.8 Å². The normalized spacial score (nSPS) is 6.33. The molecule has 0 aromatic rings. The van der Waals surface area contributed by atoms with Gasteiger partial charge in [0.1, 0.15) is 6.61 Å². The summed E-state index contributed by atoms with van der Waals surface area (Å²) >= 11 is 0. The van der Waals surface area contributed by atoms with Crippen LogP contribution in [0.25, 0.3) is 0 Å². The van der Waals surface area contributed by atoms with Gasteiger partial charge in [0.15, 0.2) is 0 Å². The first-order valence-electron chi connectivity index (χ1n) is 1.79. The Morgan fingerprint density at radius 2 is 2.50 bits per heavy atom. The van der Waals surface area contributed by atoms with Crippen molar-refractivity contribution in [3.8, 4) is 11.8 Å². The van der Waals surface area contributed by atoms with Gasteiger partial charge in [-0.2, -0.15) is 0 Å². The molecule has 0 aliphatic heterocycles. The van der Waals surface area contributed by atoms with Gasteiger partial charge < -0.3 is 5.11 Å². The molecule has 0 aromatic heterocycles. The zero-order valence-corrected chi connectivity index (χ0v) is 3.73. The smallest absolute Gasteiger partial charge is 0.104 e. The Morgan fingerprint density at radius 3 is 2.67 bits per heavy atom. The van der Waals surface area contributed by atoms with E-state index in [0.29, 0.717) is 0 Å². The predicted octanol–water partition coefficient (Wildman–Crippen LogP) is 0.206. The molecule has 0 fully saturated rings. The average Bonchev–Trinajstić information content (AvgIpc) is 1.61. The maximum atomic E-state index is 8.00. The molecule has 0 aromatic carbocycles. The Bertz CT molecular complexity index is 57.7. The summed E-state index contributed by atoms with van der Waals surface area (Å²) in [7, 11) is 0. The molecule has 1 radical (unpaired) electrons. The molecule has 0 aliphatic rings. The van der Waals surface area contributed by atoms with Gasteiger partial charge in [-0.3, -0.25) is 0 Å². The van der Waals surface area contributed by atoms with Crippen molar-refractivity contribution in [2.75, 3.05) is 6.61 Å². The predicted molar refractivity (Wildman–Crippen MR) is 24.8 cm³/mol. The highest BCUT2D eigenvalue weighted by molar-refractivity contribution is 5.07. The number of hydrogen-bond donors (Lipinski definition) is 1. The van der Waals surface area contributed by atoms with E-state index in [9.17, 15) is 0 Å². The largest absolute Gasteiger partial charge is 0.384 e. The van der Waals surface area contributed by atoms with E-state index < -0.39 is 0 Å². The number of rotatable bonds is 0. The van der Waals surface area contributed by atoms with Crippen molar-refractivity contribution in [1.29, 1.82) is 0 Å². The zero-order chi connectivity index (χ0) is 4.83. The van der Waals surface area contributed by atoms with Crippen molar-refractivity contribution in [3.63, 3.8) is 0 Å². The van der Waals surface area contributed by atoms with Gasteiger partial charge in [0.25, 0.3) is 0 Å². The minimum atomic E-state index is -0.0374. The van der Waals surface area contributed by atoms with Crippen LogP contribution >= 0.6 is 0 Å². The topological polar surface area (TPSA) is 20.2 Å². The summed E-state index contributed by atoms with van der Waals surface area (Å²) in [6.45, 7) is 1.78. The Morgan fingerprint density at radius 1 is 1.83 bits per heavy atom. The summed E-state index contributed by atoms with van der Waals surface area (Å²) in [6.07, 6.45) is 1.69. The van der Waals surface area contributed by atoms with Gasteiger partial charge in [-0.05, 0) is 0 Å². The molecular weight excluding hydrogens is 76.1 g/mol. The van der Waals surface area contributed by atoms with Gasteiger partial charge in [0, 0.05) is 6.42 Å². The molecule has 0 atom stereocenters. The minimum Gasteiger partial charge on any atom is -0.384 e. The van der Waals surface area contributed by atoms with E-state index in [2.05, 4.69) is 11.8 Å². The van der Waals surface area contributed by atoms with E-state index in [1.807, 2.05) is 6.92 Å². The third kappa shape index (κ3) is 3.52. The van der Waals surface area contributed by atoms with Crippen LogP contribution in [0.3, 0.4) is 0 Å². The molecule has 0 spiro atoms. The van der Waals surface area contributed by atoms with Crippen molar-refractivity contribution in [2.24, 2.45) is 0 Å². The first-order valence-corrected chi connectivity index (χ1v) is 1.79. The number of aliphatic hydroxyl groups excluding tert-OH is 1. The van der Waals surface area contributed by atoms with Crippen molar-refractivity contribution in [2.45, 2.75) is 6.92 Å². The van der Waals surface area contributed by atoms with Gasteiger partial charge in [-0.25, -0.2) is 0 Å². The lowest BCUT2D eigenvalue weighted by Crippen LogP contribution is -1.69. The molecule has 1 nitrogen and oxygen atoms in total. The first-order chi connectivity index (χ1) is 2.91. The number of hydrogen-bond acceptors (Lipinski definition) is 1. The van der Waals surface area contributed by atoms with Crippen molar-refractivity contribution >= 4 is 0 Å². The highest BCUT2D eigenvalue weighted by Gasteiger charge is 1.57. The van der Waals surface area contributed by atoms with Gasteiger partial charge in [-0.15, -0.1) is 0 Å². The van der Waals surface area contributed by atoms with Gasteiger partial charge >= 0.3 is 0 Å². The molecule has 0 saturated carbocycles. The second kappa shape index (κ2) is 4.52. The van der Waals surface area contributed by atoms with Crippen LogP contribution in [-0.4, -0.2) is 11.7 Å². The quantitative estimate of drug-likeness (QED) is 0.415. The van der Waals surface area contributed by atoms with Crippen LogP contribution in [0.2, 0.25) is 0 Å². The summed E-state index contributed by atoms with van der Waals surface area (Å²) in [6, 6.07) is 0. The molecule has 33 valence electrons. The van der Waals surface area contributed by atoms with Crippen molar-refractivity contribution < 1.29 is 5.11 Å². The lowest BCUT2D eigenvalue weighted by Gasteiger charge is -1.65.